The topological polar surface area (TPSA) is 69.9 Å². The number of nitrogens with zero attached hydrogens (tertiary/aromatic N) is 4. The van der Waals surface area contributed by atoms with E-state index in [0.717, 1.165) is 77.4 Å². The Morgan fingerprint density at radius 2 is 1.00 bits per heavy atom. The molecule has 6 heteroatoms. The van der Waals surface area contributed by atoms with Gasteiger partial charge in [0.1, 0.15) is 22.3 Å². The van der Waals surface area contributed by atoms with E-state index < -0.39 is 0 Å². The number of hydrogen-bond donors (Lipinski definition) is 0. The highest BCUT2D eigenvalue weighted by atomic mass is 16.3. The van der Waals surface area contributed by atoms with E-state index in [2.05, 4.69) is 140 Å². The fourth-order valence-corrected chi connectivity index (χ4v) is 10.7. The van der Waals surface area contributed by atoms with E-state index in [1.807, 2.05) is 72.8 Å². The Balaban J connectivity index is 0.923. The van der Waals surface area contributed by atoms with Gasteiger partial charge in [-0.15, -0.1) is 0 Å². The summed E-state index contributed by atoms with van der Waals surface area (Å²) >= 11 is 0. The van der Waals surface area contributed by atoms with Gasteiger partial charge >= 0.3 is 0 Å². The summed E-state index contributed by atoms with van der Waals surface area (Å²) < 4.78 is 15.7. The number of fused-ring (bicyclic) bond motifs is 12. The van der Waals surface area contributed by atoms with Gasteiger partial charge in [-0.3, -0.25) is 0 Å². The van der Waals surface area contributed by atoms with Gasteiger partial charge < -0.3 is 13.4 Å². The maximum Gasteiger partial charge on any atom is 0.164 e. The minimum atomic E-state index is -0.113. The van der Waals surface area contributed by atoms with Crippen molar-refractivity contribution < 1.29 is 8.83 Å². The Morgan fingerprint density at radius 1 is 0.364 bits per heavy atom. The smallest absolute Gasteiger partial charge is 0.164 e. The number of hydrogen-bond acceptors (Lipinski definition) is 5. The molecule has 0 atom stereocenters. The number of rotatable bonds is 5. The average Bonchev–Trinajstić information content (AvgIpc) is 4.10. The van der Waals surface area contributed by atoms with Crippen molar-refractivity contribution in [3.63, 3.8) is 0 Å². The van der Waals surface area contributed by atoms with Gasteiger partial charge in [-0.25, -0.2) is 15.0 Å². The molecule has 0 radical (unpaired) electrons. The summed E-state index contributed by atoms with van der Waals surface area (Å²) in [6, 6.07) is 68.2. The molecule has 0 amide bonds. The minimum absolute atomic E-state index is 0.113. The van der Waals surface area contributed by atoms with Crippen molar-refractivity contribution in [1.82, 2.24) is 19.5 Å². The molecule has 0 aliphatic heterocycles. The fourth-order valence-electron chi connectivity index (χ4n) is 10.7. The quantitative estimate of drug-likeness (QED) is 0.173. The predicted octanol–water partition coefficient (Wildman–Crippen LogP) is 15.7. The van der Waals surface area contributed by atoms with E-state index in [-0.39, 0.29) is 5.41 Å². The predicted molar refractivity (Wildman–Crippen MR) is 268 cm³/mol. The van der Waals surface area contributed by atoms with Crippen molar-refractivity contribution in [2.24, 2.45) is 0 Å². The Morgan fingerprint density at radius 3 is 1.77 bits per heavy atom. The molecule has 1 aliphatic rings. The molecule has 14 rings (SSSR count). The monoisotopic (exact) mass is 846 g/mol. The normalized spacial score (nSPS) is 13.1. The maximum atomic E-state index is 6.79. The van der Waals surface area contributed by atoms with Gasteiger partial charge in [-0.05, 0) is 88.0 Å². The fraction of sp³-hybridized carbons (Fsp3) is 0.0500. The average molecular weight is 847 g/mol. The first-order chi connectivity index (χ1) is 32.5. The van der Waals surface area contributed by atoms with Crippen LogP contribution in [0.3, 0.4) is 0 Å². The highest BCUT2D eigenvalue weighted by Crippen LogP contribution is 2.51. The molecule has 0 fully saturated rings. The van der Waals surface area contributed by atoms with Gasteiger partial charge in [0.15, 0.2) is 17.5 Å². The summed E-state index contributed by atoms with van der Waals surface area (Å²) in [6.07, 6.45) is 0. The van der Waals surface area contributed by atoms with E-state index in [0.29, 0.717) is 17.5 Å². The Kier molecular flexibility index (Phi) is 7.64. The van der Waals surface area contributed by atoms with Crippen LogP contribution in [0.4, 0.5) is 0 Å². The lowest BCUT2D eigenvalue weighted by molar-refractivity contribution is 0.661. The van der Waals surface area contributed by atoms with E-state index in [1.165, 1.54) is 44.1 Å². The van der Waals surface area contributed by atoms with Crippen molar-refractivity contribution in [3.8, 4) is 62.1 Å². The molecule has 66 heavy (non-hydrogen) atoms. The maximum absolute atomic E-state index is 6.79. The second kappa shape index (κ2) is 13.7. The van der Waals surface area contributed by atoms with E-state index >= 15 is 0 Å². The van der Waals surface area contributed by atoms with Gasteiger partial charge in [0, 0.05) is 66.2 Å². The van der Waals surface area contributed by atoms with Crippen molar-refractivity contribution >= 4 is 65.7 Å². The molecule has 4 aromatic heterocycles. The molecule has 0 saturated carbocycles. The molecule has 0 saturated heterocycles. The van der Waals surface area contributed by atoms with E-state index in [9.17, 15) is 0 Å². The van der Waals surface area contributed by atoms with Crippen molar-refractivity contribution in [1.29, 1.82) is 0 Å². The molecular weight excluding hydrogens is 809 g/mol. The van der Waals surface area contributed by atoms with Crippen molar-refractivity contribution in [2.75, 3.05) is 0 Å². The molecule has 0 bridgehead atoms. The van der Waals surface area contributed by atoms with Crippen LogP contribution in [-0.4, -0.2) is 19.5 Å². The summed E-state index contributed by atoms with van der Waals surface area (Å²) in [7, 11) is 0. The molecule has 4 heterocycles. The number of aromatic nitrogens is 4. The van der Waals surface area contributed by atoms with Crippen LogP contribution >= 0.6 is 0 Å². The number of benzene rings is 9. The third-order valence-corrected chi connectivity index (χ3v) is 13.9. The Hall–Kier alpha value is -8.61. The SMILES string of the molecule is CC1(C)c2ccccc2-c2cc3c4ccccc4n(-c4ccc5c(c4)oc4cccc(-c6ccc7oc8cccc(-c9nc(-c%10ccccc%10)nc(-c%10ccccc%10)n9)c8c7c6)c45)c3cc21. The zero-order chi connectivity index (χ0) is 43.7. The lowest BCUT2D eigenvalue weighted by Gasteiger charge is -2.21. The van der Waals surface area contributed by atoms with Crippen molar-refractivity contribution in [2.45, 2.75) is 19.3 Å². The molecule has 13 aromatic rings. The van der Waals surface area contributed by atoms with E-state index in [1.54, 1.807) is 0 Å². The first-order valence-corrected chi connectivity index (χ1v) is 22.4. The third-order valence-electron chi connectivity index (χ3n) is 13.9. The number of furan rings is 2. The van der Waals surface area contributed by atoms with Crippen molar-refractivity contribution in [3.05, 3.63) is 205 Å². The molecular formula is C60H38N4O2. The van der Waals surface area contributed by atoms with Crippen LogP contribution < -0.4 is 0 Å². The molecule has 1 aliphatic carbocycles. The van der Waals surface area contributed by atoms with Crippen LogP contribution in [0.2, 0.25) is 0 Å². The van der Waals surface area contributed by atoms with Gasteiger partial charge in [-0.2, -0.15) is 0 Å². The Bertz CT molecular complexity index is 4080. The van der Waals surface area contributed by atoms with Gasteiger partial charge in [0.2, 0.25) is 0 Å². The zero-order valence-corrected chi connectivity index (χ0v) is 36.1. The highest BCUT2D eigenvalue weighted by Gasteiger charge is 2.36. The van der Waals surface area contributed by atoms with Gasteiger partial charge in [0.05, 0.1) is 11.0 Å². The lowest BCUT2D eigenvalue weighted by Crippen LogP contribution is -2.14. The van der Waals surface area contributed by atoms with Gasteiger partial charge in [0.25, 0.3) is 0 Å². The number of para-hydroxylation sites is 1. The molecule has 9 aromatic carbocycles. The highest BCUT2D eigenvalue weighted by molar-refractivity contribution is 6.17. The second-order valence-electron chi connectivity index (χ2n) is 17.9. The van der Waals surface area contributed by atoms with Crippen LogP contribution in [0, 0.1) is 0 Å². The van der Waals surface area contributed by atoms with Crippen LogP contribution in [0.15, 0.2) is 203 Å². The van der Waals surface area contributed by atoms with Crippen LogP contribution in [-0.2, 0) is 5.41 Å². The summed E-state index contributed by atoms with van der Waals surface area (Å²) in [5, 5.41) is 6.56. The van der Waals surface area contributed by atoms with Crippen LogP contribution in [0.1, 0.15) is 25.0 Å². The largest absolute Gasteiger partial charge is 0.456 e. The lowest BCUT2D eigenvalue weighted by atomic mass is 9.82. The standard InChI is InChI=1S/C60H38N4O2/c1-60(2)47-23-11-9-19-40(47)44-33-45-41-20-10-12-24-49(41)64(50(45)34-48(44)60)38-28-29-42-54(32-38)66-52-25-13-21-39(55(42)52)37-27-30-51-46(31-37)56-43(22-14-26-53(56)65-51)59-62-57(35-15-5-3-6-16-35)61-58(63-59)36-17-7-4-8-18-36/h3-34H,1-2H3. The summed E-state index contributed by atoms with van der Waals surface area (Å²) in [4.78, 5) is 15.1. The minimum Gasteiger partial charge on any atom is -0.456 e. The Labute approximate surface area is 379 Å². The molecule has 310 valence electrons. The van der Waals surface area contributed by atoms with Crippen LogP contribution in [0.25, 0.3) is 128 Å². The molecule has 0 spiro atoms. The molecule has 0 unspecified atom stereocenters. The summed E-state index contributed by atoms with van der Waals surface area (Å²) in [5.41, 5.74) is 16.8. The molecule has 0 N–H and O–H groups in total. The first kappa shape index (κ1) is 36.8. The molecule has 6 nitrogen and oxygen atoms in total. The van der Waals surface area contributed by atoms with Crippen LogP contribution in [0.5, 0.6) is 0 Å². The summed E-state index contributed by atoms with van der Waals surface area (Å²) in [6.45, 7) is 4.69. The van der Waals surface area contributed by atoms with E-state index in [4.69, 9.17) is 23.8 Å². The summed E-state index contributed by atoms with van der Waals surface area (Å²) in [5.74, 6) is 1.81. The second-order valence-corrected chi connectivity index (χ2v) is 17.9. The zero-order valence-electron chi connectivity index (χ0n) is 36.1. The first-order valence-electron chi connectivity index (χ1n) is 22.4. The third kappa shape index (κ3) is 5.33. The van der Waals surface area contributed by atoms with Gasteiger partial charge in [-0.1, -0.05) is 147 Å².